The van der Waals surface area contributed by atoms with E-state index >= 15 is 0 Å². The van der Waals surface area contributed by atoms with Crippen LogP contribution in [0.3, 0.4) is 0 Å². The van der Waals surface area contributed by atoms with Crippen molar-refractivity contribution in [3.63, 3.8) is 0 Å². The number of nitrogens with zero attached hydrogens (tertiary/aromatic N) is 1. The van der Waals surface area contributed by atoms with Gasteiger partial charge in [0.05, 0.1) is 19.3 Å². The Bertz CT molecular complexity index is 769. The number of hydrogen-bond acceptors (Lipinski definition) is 6. The summed E-state index contributed by atoms with van der Waals surface area (Å²) in [5.74, 6) is 1.44. The zero-order valence-corrected chi connectivity index (χ0v) is 38.2. The Morgan fingerprint density at radius 1 is 0.429 bits per heavy atom. The molecule has 1 aliphatic rings. The van der Waals surface area contributed by atoms with Crippen molar-refractivity contribution in [3.05, 3.63) is 0 Å². The van der Waals surface area contributed by atoms with E-state index in [-0.39, 0.29) is 11.9 Å². The molecule has 0 N–H and O–H groups in total. The quantitative estimate of drug-likeness (QED) is 0.0453. The number of unbranched alkanes of at least 4 members (excludes halogenated alkanes) is 16. The molecule has 1 heterocycles. The third-order valence-electron chi connectivity index (χ3n) is 12.4. The van der Waals surface area contributed by atoms with Gasteiger partial charge in [-0.1, -0.05) is 182 Å². The Morgan fingerprint density at radius 2 is 0.804 bits per heavy atom. The second kappa shape index (κ2) is 40.6. The largest absolute Gasteiger partial charge is 0.466 e. The minimum absolute atomic E-state index is 0.00267. The van der Waals surface area contributed by atoms with Crippen molar-refractivity contribution in [1.29, 1.82) is 0 Å². The summed E-state index contributed by atoms with van der Waals surface area (Å²) in [4.78, 5) is 27.4. The monoisotopic (exact) mass is 792 g/mol. The van der Waals surface area contributed by atoms with Crippen molar-refractivity contribution in [3.8, 4) is 0 Å². The Morgan fingerprint density at radius 3 is 1.21 bits per heavy atom. The van der Waals surface area contributed by atoms with Crippen LogP contribution in [0.25, 0.3) is 0 Å². The first kappa shape index (κ1) is 52.9. The molecule has 1 saturated heterocycles. The Balaban J connectivity index is 2.23. The molecular formula is C50H97NO5. The van der Waals surface area contributed by atoms with Crippen molar-refractivity contribution in [1.82, 2.24) is 4.90 Å². The minimum Gasteiger partial charge on any atom is -0.466 e. The van der Waals surface area contributed by atoms with Crippen LogP contribution in [-0.4, -0.2) is 62.4 Å². The van der Waals surface area contributed by atoms with E-state index in [4.69, 9.17) is 14.2 Å². The van der Waals surface area contributed by atoms with E-state index in [0.717, 1.165) is 64.4 Å². The fourth-order valence-corrected chi connectivity index (χ4v) is 8.62. The molecule has 1 fully saturated rings. The lowest BCUT2D eigenvalue weighted by atomic mass is 9.92. The summed E-state index contributed by atoms with van der Waals surface area (Å²) in [6.45, 7) is 14.9. The van der Waals surface area contributed by atoms with Crippen molar-refractivity contribution in [2.24, 2.45) is 11.8 Å². The summed E-state index contributed by atoms with van der Waals surface area (Å²) in [5.41, 5.74) is 0. The predicted molar refractivity (Wildman–Crippen MR) is 239 cm³/mol. The predicted octanol–water partition coefficient (Wildman–Crippen LogP) is 14.7. The third-order valence-corrected chi connectivity index (χ3v) is 12.4. The number of carbonyl (C=O) groups excluding carboxylic acids is 2. The number of hydrogen-bond donors (Lipinski definition) is 0. The van der Waals surface area contributed by atoms with Crippen LogP contribution in [0.2, 0.25) is 0 Å². The van der Waals surface area contributed by atoms with E-state index < -0.39 is 0 Å². The van der Waals surface area contributed by atoms with Crippen molar-refractivity contribution in [2.45, 2.75) is 259 Å². The fraction of sp³-hybridized carbons (Fsp3) is 0.960. The van der Waals surface area contributed by atoms with Gasteiger partial charge in [-0.15, -0.1) is 0 Å². The van der Waals surface area contributed by atoms with Gasteiger partial charge < -0.3 is 19.1 Å². The molecule has 6 heteroatoms. The molecule has 0 aromatic heterocycles. The minimum atomic E-state index is 0.00267. The summed E-state index contributed by atoms with van der Waals surface area (Å²) >= 11 is 0. The third kappa shape index (κ3) is 33.8. The molecule has 0 saturated carbocycles. The summed E-state index contributed by atoms with van der Waals surface area (Å²) in [5, 5.41) is 0. The normalized spacial score (nSPS) is 13.5. The molecule has 0 aliphatic carbocycles. The van der Waals surface area contributed by atoms with Gasteiger partial charge in [-0.2, -0.15) is 0 Å². The van der Waals surface area contributed by atoms with Gasteiger partial charge in [-0.25, -0.2) is 0 Å². The lowest BCUT2D eigenvalue weighted by molar-refractivity contribution is -0.145. The standard InChI is InChI=1S/C50H97NO5/c1-5-9-19-30-46(31-20-10-6-2)38-44-55-49(52)36-25-17-13-15-23-34-48(54-43-29-42-51-40-27-28-41-51)35-24-16-14-18-26-37-50(53)56-45-39-47(32-21-11-7-3)33-22-12-8-4/h46-48H,5-45H2,1-4H3. The lowest BCUT2D eigenvalue weighted by Gasteiger charge is -2.20. The van der Waals surface area contributed by atoms with Crippen molar-refractivity contribution in [2.75, 3.05) is 39.5 Å². The molecule has 0 unspecified atom stereocenters. The molecule has 6 nitrogen and oxygen atoms in total. The topological polar surface area (TPSA) is 65.1 Å². The molecule has 0 atom stereocenters. The maximum absolute atomic E-state index is 12.4. The van der Waals surface area contributed by atoms with E-state index in [2.05, 4.69) is 32.6 Å². The highest BCUT2D eigenvalue weighted by Gasteiger charge is 2.14. The van der Waals surface area contributed by atoms with Crippen LogP contribution >= 0.6 is 0 Å². The lowest BCUT2D eigenvalue weighted by Crippen LogP contribution is -2.23. The molecule has 0 amide bonds. The summed E-state index contributed by atoms with van der Waals surface area (Å²) in [6, 6.07) is 0. The fourth-order valence-electron chi connectivity index (χ4n) is 8.62. The highest BCUT2D eigenvalue weighted by molar-refractivity contribution is 5.69. The summed E-state index contributed by atoms with van der Waals surface area (Å²) in [7, 11) is 0. The average molecular weight is 792 g/mol. The van der Waals surface area contributed by atoms with E-state index in [0.29, 0.717) is 44.0 Å². The first-order valence-corrected chi connectivity index (χ1v) is 25.2. The molecule has 1 aliphatic heterocycles. The van der Waals surface area contributed by atoms with Crippen LogP contribution in [0.5, 0.6) is 0 Å². The zero-order valence-electron chi connectivity index (χ0n) is 38.2. The highest BCUT2D eigenvalue weighted by atomic mass is 16.5. The van der Waals surface area contributed by atoms with Crippen LogP contribution in [0.1, 0.15) is 252 Å². The first-order valence-electron chi connectivity index (χ1n) is 25.2. The highest BCUT2D eigenvalue weighted by Crippen LogP contribution is 2.23. The van der Waals surface area contributed by atoms with Crippen LogP contribution in [0.15, 0.2) is 0 Å². The zero-order chi connectivity index (χ0) is 40.6. The van der Waals surface area contributed by atoms with Crippen molar-refractivity contribution < 1.29 is 23.8 Å². The van der Waals surface area contributed by atoms with Gasteiger partial charge in [0, 0.05) is 26.0 Å². The molecule has 0 aromatic rings. The summed E-state index contributed by atoms with van der Waals surface area (Å²) in [6.07, 6.45) is 41.8. The van der Waals surface area contributed by atoms with Gasteiger partial charge in [0.1, 0.15) is 0 Å². The number of likely N-dealkylation sites (tertiary alicyclic amines) is 1. The Labute approximate surface area is 349 Å². The van der Waals surface area contributed by atoms with Gasteiger partial charge in [0.15, 0.2) is 0 Å². The van der Waals surface area contributed by atoms with E-state index in [1.165, 1.54) is 174 Å². The van der Waals surface area contributed by atoms with Gasteiger partial charge in [0.25, 0.3) is 0 Å². The van der Waals surface area contributed by atoms with Crippen LogP contribution < -0.4 is 0 Å². The second-order valence-electron chi connectivity index (χ2n) is 17.7. The van der Waals surface area contributed by atoms with Gasteiger partial charge in [-0.3, -0.25) is 9.59 Å². The van der Waals surface area contributed by atoms with Gasteiger partial charge >= 0.3 is 11.9 Å². The van der Waals surface area contributed by atoms with Gasteiger partial charge in [0.2, 0.25) is 0 Å². The molecule has 332 valence electrons. The first-order chi connectivity index (χ1) is 27.5. The van der Waals surface area contributed by atoms with Crippen LogP contribution in [0.4, 0.5) is 0 Å². The number of rotatable bonds is 43. The summed E-state index contributed by atoms with van der Waals surface area (Å²) < 4.78 is 17.8. The van der Waals surface area contributed by atoms with E-state index in [9.17, 15) is 9.59 Å². The second-order valence-corrected chi connectivity index (χ2v) is 17.7. The Kier molecular flexibility index (Phi) is 38.4. The molecule has 0 aromatic carbocycles. The maximum atomic E-state index is 12.4. The van der Waals surface area contributed by atoms with Crippen LogP contribution in [0, 0.1) is 11.8 Å². The molecular weight excluding hydrogens is 695 g/mol. The SMILES string of the molecule is CCCCCC(CCCCC)CCOC(=O)CCCCCCCC(CCCCCCCC(=O)OCCC(CCCCC)CCCCC)OCCCN1CCCC1. The number of esters is 2. The maximum Gasteiger partial charge on any atom is 0.305 e. The van der Waals surface area contributed by atoms with Gasteiger partial charge in [-0.05, 0) is 82.7 Å². The molecule has 56 heavy (non-hydrogen) atoms. The smallest absolute Gasteiger partial charge is 0.305 e. The average Bonchev–Trinajstić information content (AvgIpc) is 3.72. The molecule has 1 rings (SSSR count). The molecule has 0 spiro atoms. The number of carbonyl (C=O) groups is 2. The Hall–Kier alpha value is -1.14. The van der Waals surface area contributed by atoms with Crippen molar-refractivity contribution >= 4 is 11.9 Å². The number of ether oxygens (including phenoxy) is 3. The van der Waals surface area contributed by atoms with E-state index in [1.807, 2.05) is 0 Å². The van der Waals surface area contributed by atoms with Crippen LogP contribution in [-0.2, 0) is 23.8 Å². The molecule has 0 radical (unpaired) electrons. The van der Waals surface area contributed by atoms with E-state index in [1.54, 1.807) is 0 Å². The molecule has 0 bridgehead atoms.